The fourth-order valence-corrected chi connectivity index (χ4v) is 8.38. The molecule has 1 saturated carbocycles. The highest BCUT2D eigenvalue weighted by molar-refractivity contribution is 6.02. The van der Waals surface area contributed by atoms with Gasteiger partial charge in [0, 0.05) is 42.2 Å². The number of pyridine rings is 1. The first-order chi connectivity index (χ1) is 21.1. The maximum Gasteiger partial charge on any atom is 0.319 e. The molecule has 0 amide bonds. The molecule has 43 heavy (non-hydrogen) atoms. The Morgan fingerprint density at radius 2 is 1.79 bits per heavy atom. The second-order valence-corrected chi connectivity index (χ2v) is 13.0. The average Bonchev–Trinajstić information content (AvgIpc) is 3.72. The quantitative estimate of drug-likeness (QED) is 0.239. The lowest BCUT2D eigenvalue weighted by molar-refractivity contribution is 0.108. The van der Waals surface area contributed by atoms with Crippen LogP contribution in [-0.2, 0) is 0 Å². The molecule has 8 rings (SSSR count). The van der Waals surface area contributed by atoms with E-state index in [4.69, 9.17) is 19.7 Å². The van der Waals surface area contributed by atoms with Crippen molar-refractivity contribution in [2.45, 2.75) is 63.8 Å². The highest BCUT2D eigenvalue weighted by Gasteiger charge is 2.45. The van der Waals surface area contributed by atoms with E-state index >= 15 is 4.39 Å². The standard InChI is InChI=1S/C36H38FN5O/c1-2-3-8-26-9-4-10-27-11-5-12-28(30(26)27)32-31(37)33-29(20-38-32)34(41-21-24-13-14-25(19-24)22-41)40-35(39-33)43-23-36-15-6-17-42(36)18-7-16-36/h4-5,9-12,20,24-25H,2,6-7,13-19,21-23H2,1H3. The van der Waals surface area contributed by atoms with Crippen LogP contribution in [0.2, 0.25) is 0 Å². The van der Waals surface area contributed by atoms with Crippen molar-refractivity contribution in [1.29, 1.82) is 0 Å². The fraction of sp³-hybridized carbons (Fsp3) is 0.472. The van der Waals surface area contributed by atoms with Crippen molar-refractivity contribution in [3.05, 3.63) is 54.0 Å². The van der Waals surface area contributed by atoms with Crippen LogP contribution in [-0.4, -0.2) is 58.2 Å². The summed E-state index contributed by atoms with van der Waals surface area (Å²) in [6, 6.07) is 12.3. The van der Waals surface area contributed by atoms with E-state index in [1.807, 2.05) is 43.3 Å². The molecule has 2 unspecified atom stereocenters. The van der Waals surface area contributed by atoms with Gasteiger partial charge in [-0.2, -0.15) is 9.97 Å². The lowest BCUT2D eigenvalue weighted by atomic mass is 9.95. The van der Waals surface area contributed by atoms with Gasteiger partial charge in [0.15, 0.2) is 5.82 Å². The summed E-state index contributed by atoms with van der Waals surface area (Å²) in [4.78, 5) is 19.4. The van der Waals surface area contributed by atoms with Gasteiger partial charge < -0.3 is 9.64 Å². The second-order valence-electron chi connectivity index (χ2n) is 13.0. The largest absolute Gasteiger partial charge is 0.461 e. The number of aromatic nitrogens is 3. The Kier molecular flexibility index (Phi) is 6.71. The summed E-state index contributed by atoms with van der Waals surface area (Å²) in [6.07, 6.45) is 11.0. The van der Waals surface area contributed by atoms with Gasteiger partial charge in [-0.1, -0.05) is 49.1 Å². The topological polar surface area (TPSA) is 54.4 Å². The molecule has 6 nitrogen and oxygen atoms in total. The minimum Gasteiger partial charge on any atom is -0.461 e. The summed E-state index contributed by atoms with van der Waals surface area (Å²) in [6.45, 7) is 6.71. The molecule has 2 aromatic carbocycles. The minimum atomic E-state index is -0.432. The summed E-state index contributed by atoms with van der Waals surface area (Å²) in [5, 5.41) is 2.58. The predicted molar refractivity (Wildman–Crippen MR) is 169 cm³/mol. The molecule has 2 aromatic heterocycles. The zero-order chi connectivity index (χ0) is 29.0. The van der Waals surface area contributed by atoms with Gasteiger partial charge in [-0.3, -0.25) is 9.88 Å². The van der Waals surface area contributed by atoms with Gasteiger partial charge in [-0.05, 0) is 81.3 Å². The monoisotopic (exact) mass is 575 g/mol. The number of fused-ring (bicyclic) bond motifs is 5. The van der Waals surface area contributed by atoms with Crippen LogP contribution in [0.25, 0.3) is 32.9 Å². The highest BCUT2D eigenvalue weighted by atomic mass is 19.1. The third-order valence-electron chi connectivity index (χ3n) is 10.4. The van der Waals surface area contributed by atoms with Gasteiger partial charge in [0.1, 0.15) is 23.6 Å². The van der Waals surface area contributed by atoms with Crippen LogP contribution in [0.3, 0.4) is 0 Å². The Labute approximate surface area is 252 Å². The van der Waals surface area contributed by atoms with Gasteiger partial charge in [0.25, 0.3) is 0 Å². The Balaban J connectivity index is 1.26. The van der Waals surface area contributed by atoms with E-state index in [-0.39, 0.29) is 22.8 Å². The lowest BCUT2D eigenvalue weighted by Gasteiger charge is -2.34. The van der Waals surface area contributed by atoms with Crippen LogP contribution >= 0.6 is 0 Å². The van der Waals surface area contributed by atoms with Gasteiger partial charge in [-0.25, -0.2) is 4.39 Å². The van der Waals surface area contributed by atoms with Crippen molar-refractivity contribution in [2.75, 3.05) is 37.7 Å². The minimum absolute atomic E-state index is 0.0591. The van der Waals surface area contributed by atoms with Crippen molar-refractivity contribution in [3.63, 3.8) is 0 Å². The van der Waals surface area contributed by atoms with Crippen LogP contribution in [0.15, 0.2) is 42.6 Å². The first-order valence-corrected chi connectivity index (χ1v) is 16.1. The van der Waals surface area contributed by atoms with E-state index in [0.29, 0.717) is 23.8 Å². The first-order valence-electron chi connectivity index (χ1n) is 16.1. The van der Waals surface area contributed by atoms with E-state index in [2.05, 4.69) is 21.6 Å². The lowest BCUT2D eigenvalue weighted by Crippen LogP contribution is -2.43. The zero-order valence-corrected chi connectivity index (χ0v) is 24.9. The number of hydrogen-bond acceptors (Lipinski definition) is 6. The van der Waals surface area contributed by atoms with Crippen molar-refractivity contribution in [2.24, 2.45) is 11.8 Å². The molecule has 4 aromatic rings. The van der Waals surface area contributed by atoms with Crippen molar-refractivity contribution in [3.8, 4) is 29.1 Å². The molecule has 220 valence electrons. The van der Waals surface area contributed by atoms with E-state index in [0.717, 1.165) is 73.2 Å². The van der Waals surface area contributed by atoms with Gasteiger partial charge in [-0.15, -0.1) is 0 Å². The highest BCUT2D eigenvalue weighted by Crippen LogP contribution is 2.42. The third kappa shape index (κ3) is 4.62. The number of rotatable bonds is 5. The summed E-state index contributed by atoms with van der Waals surface area (Å²) in [7, 11) is 0. The van der Waals surface area contributed by atoms with E-state index < -0.39 is 5.82 Å². The molecule has 3 saturated heterocycles. The van der Waals surface area contributed by atoms with Crippen molar-refractivity contribution >= 4 is 27.5 Å². The van der Waals surface area contributed by atoms with Crippen LogP contribution in [0.1, 0.15) is 63.9 Å². The predicted octanol–water partition coefficient (Wildman–Crippen LogP) is 6.99. The number of ether oxygens (including phenoxy) is 1. The Morgan fingerprint density at radius 1 is 1.02 bits per heavy atom. The maximum atomic E-state index is 16.8. The molecule has 4 fully saturated rings. The van der Waals surface area contributed by atoms with E-state index in [1.54, 1.807) is 6.20 Å². The molecule has 0 spiro atoms. The van der Waals surface area contributed by atoms with E-state index in [9.17, 15) is 0 Å². The Morgan fingerprint density at radius 3 is 2.56 bits per heavy atom. The average molecular weight is 576 g/mol. The number of nitrogens with zero attached hydrogens (tertiary/aromatic N) is 5. The van der Waals surface area contributed by atoms with Crippen LogP contribution in [0.4, 0.5) is 10.2 Å². The summed E-state index contributed by atoms with van der Waals surface area (Å²) in [5.41, 5.74) is 2.23. The maximum absolute atomic E-state index is 16.8. The van der Waals surface area contributed by atoms with E-state index in [1.165, 1.54) is 32.1 Å². The van der Waals surface area contributed by atoms with Crippen LogP contribution < -0.4 is 9.64 Å². The summed E-state index contributed by atoms with van der Waals surface area (Å²) in [5.74, 6) is 8.12. The fourth-order valence-electron chi connectivity index (χ4n) is 8.38. The van der Waals surface area contributed by atoms with Gasteiger partial charge in [0.05, 0.1) is 10.9 Å². The molecule has 3 aliphatic heterocycles. The number of halogens is 1. The molecule has 2 bridgehead atoms. The molecule has 7 heteroatoms. The third-order valence-corrected chi connectivity index (χ3v) is 10.4. The molecular weight excluding hydrogens is 537 g/mol. The number of hydrogen-bond donors (Lipinski definition) is 0. The number of piperidine rings is 1. The normalized spacial score (nSPS) is 22.6. The summed E-state index contributed by atoms with van der Waals surface area (Å²) >= 11 is 0. The zero-order valence-electron chi connectivity index (χ0n) is 24.9. The molecule has 0 radical (unpaired) electrons. The Hall–Kier alpha value is -3.76. The van der Waals surface area contributed by atoms with Crippen LogP contribution in [0.5, 0.6) is 6.01 Å². The molecule has 1 aliphatic carbocycles. The number of benzene rings is 2. The van der Waals surface area contributed by atoms with Gasteiger partial charge in [0.2, 0.25) is 0 Å². The molecule has 5 heterocycles. The van der Waals surface area contributed by atoms with Crippen LogP contribution in [0, 0.1) is 29.5 Å². The molecule has 4 aliphatic rings. The van der Waals surface area contributed by atoms with Crippen molar-refractivity contribution < 1.29 is 9.13 Å². The summed E-state index contributed by atoms with van der Waals surface area (Å²) < 4.78 is 23.3. The smallest absolute Gasteiger partial charge is 0.319 e. The van der Waals surface area contributed by atoms with Gasteiger partial charge >= 0.3 is 6.01 Å². The molecule has 0 N–H and O–H groups in total. The number of anilines is 1. The second kappa shape index (κ2) is 10.7. The van der Waals surface area contributed by atoms with Crippen molar-refractivity contribution in [1.82, 2.24) is 19.9 Å². The SMILES string of the molecule is CCC#Cc1cccc2cccc(-c3ncc4c(N5CC6CCC(C6)C5)nc(OCC56CCCN5CCC6)nc4c3F)c12. The Bertz CT molecular complexity index is 1750. The first kappa shape index (κ1) is 26.8. The molecule has 2 atom stereocenters. The molecular formula is C36H38FN5O.